The number of aliphatic hydroxyl groups excluding tert-OH is 1. The van der Waals surface area contributed by atoms with Gasteiger partial charge in [-0.2, -0.15) is 9.97 Å². The molecule has 1 unspecified atom stereocenters. The van der Waals surface area contributed by atoms with E-state index < -0.39 is 48.9 Å². The van der Waals surface area contributed by atoms with Crippen molar-refractivity contribution in [2.24, 2.45) is 0 Å². The van der Waals surface area contributed by atoms with Crippen LogP contribution >= 0.6 is 18.1 Å². The Balaban J connectivity index is 1.23. The van der Waals surface area contributed by atoms with Gasteiger partial charge in [0, 0.05) is 5.75 Å². The number of nitrogen functional groups attached to an aromatic ring is 1. The molecular weight excluding hydrogens is 551 g/mol. The number of hydrogen-bond donors (Lipinski definition) is 4. The number of methoxy groups -OCH3 is 1. The maximum atomic E-state index is 13.3. The number of benzene rings is 1. The molecule has 0 saturated carbocycles. The summed E-state index contributed by atoms with van der Waals surface area (Å²) in [5.74, 6) is -0.310. The van der Waals surface area contributed by atoms with Crippen LogP contribution in [0, 0.1) is 0 Å². The van der Waals surface area contributed by atoms with Crippen molar-refractivity contribution in [3.8, 4) is 5.88 Å². The van der Waals surface area contributed by atoms with Crippen molar-refractivity contribution in [1.29, 1.82) is 0 Å². The fourth-order valence-corrected chi connectivity index (χ4v) is 8.33. The van der Waals surface area contributed by atoms with Crippen molar-refractivity contribution in [3.63, 3.8) is 0 Å². The van der Waals surface area contributed by atoms with Crippen LogP contribution in [0.15, 0.2) is 36.7 Å². The Kier molecular flexibility index (Phi) is 7.59. The minimum absolute atomic E-state index is 0.0761. The minimum atomic E-state index is -3.53. The van der Waals surface area contributed by atoms with Crippen molar-refractivity contribution in [2.75, 3.05) is 25.2 Å². The molecular formula is C23H29N6O8PS. The van der Waals surface area contributed by atoms with Crippen LogP contribution in [-0.2, 0) is 23.4 Å². The zero-order valence-electron chi connectivity index (χ0n) is 21.3. The molecule has 0 radical (unpaired) electrons. The van der Waals surface area contributed by atoms with E-state index in [1.165, 1.54) is 24.9 Å². The lowest BCUT2D eigenvalue weighted by Gasteiger charge is -2.27. The number of esters is 1. The summed E-state index contributed by atoms with van der Waals surface area (Å²) >= 11 is 0.956. The normalized spacial score (nSPS) is 31.4. The average Bonchev–Trinajstić information content (AvgIpc) is 3.57. The van der Waals surface area contributed by atoms with Crippen molar-refractivity contribution < 1.29 is 38.3 Å². The summed E-state index contributed by atoms with van der Waals surface area (Å²) in [6.45, 7) is -0.719. The van der Waals surface area contributed by atoms with E-state index in [9.17, 15) is 19.6 Å². The Hall–Kier alpha value is -2.78. The first-order valence-corrected chi connectivity index (χ1v) is 15.3. The fourth-order valence-electron chi connectivity index (χ4n) is 4.45. The molecule has 14 nitrogen and oxygen atoms in total. The number of nitrogens with zero attached hydrogens (tertiary/aromatic N) is 4. The van der Waals surface area contributed by atoms with E-state index >= 15 is 0 Å². The van der Waals surface area contributed by atoms with E-state index in [4.69, 9.17) is 24.5 Å². The standard InChI is InChI=1S/C23H29N6O8PS/c1-12(13-7-5-4-6-8-13)36-20(31)14-10-39-38(33,28-14)35-9-15-17(30)23(2,32)21(37-15)29-11-25-16-18(29)26-22(24)27-19(16)34-3/h4-8,11-12,14-15,17,21,30,32H,9-10H2,1-3H3,(H,28,33)(H2,24,26,27)/t12-,14+,15?,17+,21+,23+,38-/m0/s1. The van der Waals surface area contributed by atoms with Crippen molar-refractivity contribution >= 4 is 41.2 Å². The van der Waals surface area contributed by atoms with Crippen LogP contribution in [0.5, 0.6) is 5.88 Å². The fraction of sp³-hybridized carbons (Fsp3) is 0.478. The topological polar surface area (TPSA) is 193 Å². The van der Waals surface area contributed by atoms with Gasteiger partial charge in [-0.05, 0) is 19.4 Å². The number of aromatic nitrogens is 4. The molecule has 2 saturated heterocycles. The maximum absolute atomic E-state index is 13.3. The van der Waals surface area contributed by atoms with Gasteiger partial charge in [0.2, 0.25) is 11.8 Å². The zero-order chi connectivity index (χ0) is 27.9. The lowest BCUT2D eigenvalue weighted by atomic mass is 9.96. The molecule has 39 heavy (non-hydrogen) atoms. The number of aliphatic hydroxyl groups is 2. The highest BCUT2D eigenvalue weighted by Gasteiger charge is 2.54. The van der Waals surface area contributed by atoms with Crippen molar-refractivity contribution in [1.82, 2.24) is 24.6 Å². The van der Waals surface area contributed by atoms with E-state index in [0.717, 1.165) is 16.9 Å². The smallest absolute Gasteiger partial charge is 0.327 e. The van der Waals surface area contributed by atoms with Gasteiger partial charge >= 0.3 is 12.7 Å². The molecule has 4 heterocycles. The molecule has 16 heteroatoms. The van der Waals surface area contributed by atoms with Gasteiger partial charge in [-0.1, -0.05) is 41.7 Å². The summed E-state index contributed by atoms with van der Waals surface area (Å²) in [6, 6.07) is 8.43. The molecule has 0 aliphatic carbocycles. The molecule has 0 amide bonds. The molecule has 7 atom stereocenters. The van der Waals surface area contributed by atoms with E-state index in [1.807, 2.05) is 30.3 Å². The van der Waals surface area contributed by atoms with Gasteiger partial charge in [-0.15, -0.1) is 0 Å². The highest BCUT2D eigenvalue weighted by Crippen LogP contribution is 2.61. The Morgan fingerprint density at radius 1 is 1.38 bits per heavy atom. The molecule has 5 N–H and O–H groups in total. The van der Waals surface area contributed by atoms with E-state index in [0.29, 0.717) is 0 Å². The van der Waals surface area contributed by atoms with Crippen LogP contribution in [0.2, 0.25) is 0 Å². The van der Waals surface area contributed by atoms with Gasteiger partial charge in [0.25, 0.3) is 0 Å². The predicted molar refractivity (Wildman–Crippen MR) is 141 cm³/mol. The maximum Gasteiger partial charge on any atom is 0.327 e. The number of hydrogen-bond acceptors (Lipinski definition) is 13. The van der Waals surface area contributed by atoms with Crippen LogP contribution in [0.4, 0.5) is 5.95 Å². The average molecular weight is 581 g/mol. The predicted octanol–water partition coefficient (Wildman–Crippen LogP) is 1.56. The Morgan fingerprint density at radius 2 is 2.13 bits per heavy atom. The summed E-state index contributed by atoms with van der Waals surface area (Å²) in [5.41, 5.74) is 5.33. The second-order valence-electron chi connectivity index (χ2n) is 9.37. The molecule has 0 spiro atoms. The molecule has 3 aromatic rings. The highest BCUT2D eigenvalue weighted by atomic mass is 32.7. The number of carbonyl (C=O) groups excluding carboxylic acids is 1. The van der Waals surface area contributed by atoms with Crippen LogP contribution in [0.1, 0.15) is 31.7 Å². The van der Waals surface area contributed by atoms with E-state index in [1.54, 1.807) is 6.92 Å². The third-order valence-corrected chi connectivity index (χ3v) is 10.6. The first-order chi connectivity index (χ1) is 18.5. The number of nitrogens with one attached hydrogen (secondary N) is 1. The van der Waals surface area contributed by atoms with Crippen LogP contribution in [0.3, 0.4) is 0 Å². The van der Waals surface area contributed by atoms with Crippen molar-refractivity contribution in [2.45, 2.75) is 50.0 Å². The van der Waals surface area contributed by atoms with E-state index in [-0.39, 0.29) is 35.4 Å². The summed E-state index contributed by atoms with van der Waals surface area (Å²) in [4.78, 5) is 25.0. The SMILES string of the molecule is COc1nc(N)nc2c1ncn2[C@@H]1OC(CO[P@@]2(=O)N[C@@H](C(=O)O[C@@H](C)c3ccccc3)CS2)[C@@H](O)[C@@]1(C)O. The second-order valence-corrected chi connectivity index (χ2v) is 13.7. The Bertz CT molecular complexity index is 1410. The second kappa shape index (κ2) is 10.7. The van der Waals surface area contributed by atoms with Crippen LogP contribution in [0.25, 0.3) is 11.2 Å². The minimum Gasteiger partial charge on any atom is -0.479 e. The largest absolute Gasteiger partial charge is 0.479 e. The van der Waals surface area contributed by atoms with Gasteiger partial charge in [0.1, 0.15) is 30.0 Å². The van der Waals surface area contributed by atoms with Crippen LogP contribution < -0.4 is 15.6 Å². The third-order valence-electron chi connectivity index (χ3n) is 6.59. The van der Waals surface area contributed by atoms with Gasteiger partial charge in [0.15, 0.2) is 17.4 Å². The number of rotatable bonds is 8. The molecule has 210 valence electrons. The van der Waals surface area contributed by atoms with Crippen LogP contribution in [-0.4, -0.2) is 79.0 Å². The summed E-state index contributed by atoms with van der Waals surface area (Å²) in [7, 11) is 1.41. The monoisotopic (exact) mass is 580 g/mol. The first kappa shape index (κ1) is 27.8. The first-order valence-electron chi connectivity index (χ1n) is 12.0. The van der Waals surface area contributed by atoms with E-state index in [2.05, 4.69) is 20.0 Å². The summed E-state index contributed by atoms with van der Waals surface area (Å²) < 4.78 is 37.0. The number of nitrogens with two attached hydrogens (primary N) is 1. The molecule has 2 aromatic heterocycles. The zero-order valence-corrected chi connectivity index (χ0v) is 23.0. The third kappa shape index (κ3) is 5.35. The van der Waals surface area contributed by atoms with Gasteiger partial charge in [-0.3, -0.25) is 13.9 Å². The quantitative estimate of drug-likeness (QED) is 0.221. The van der Waals surface area contributed by atoms with Crippen molar-refractivity contribution in [3.05, 3.63) is 42.2 Å². The number of anilines is 1. The number of ether oxygens (including phenoxy) is 3. The number of imidazole rings is 1. The number of fused-ring (bicyclic) bond motifs is 1. The summed E-state index contributed by atoms with van der Waals surface area (Å²) in [6.07, 6.45) is -2.75. The molecule has 2 fully saturated rings. The molecule has 0 bridgehead atoms. The Morgan fingerprint density at radius 3 is 2.85 bits per heavy atom. The number of carbonyl (C=O) groups is 1. The molecule has 2 aliphatic heterocycles. The molecule has 1 aromatic carbocycles. The Labute approximate surface area is 227 Å². The highest BCUT2D eigenvalue weighted by molar-refractivity contribution is 8.56. The van der Waals surface area contributed by atoms with Gasteiger partial charge in [0.05, 0.1) is 20.0 Å². The lowest BCUT2D eigenvalue weighted by molar-refractivity contribution is -0.150. The summed E-state index contributed by atoms with van der Waals surface area (Å²) in [5, 5.41) is 24.7. The van der Waals surface area contributed by atoms with Gasteiger partial charge < -0.3 is 34.7 Å². The molecule has 5 rings (SSSR count). The van der Waals surface area contributed by atoms with Gasteiger partial charge in [-0.25, -0.2) is 10.1 Å². The molecule has 2 aliphatic rings. The lowest BCUT2D eigenvalue weighted by Crippen LogP contribution is -2.44.